The van der Waals surface area contributed by atoms with Crippen LogP contribution in [-0.4, -0.2) is 15.9 Å². The summed E-state index contributed by atoms with van der Waals surface area (Å²) >= 11 is 7.57. The number of amides is 1. The number of carbonyl (C=O) groups is 1. The number of aromatic nitrogens is 2. The molecule has 0 bridgehead atoms. The number of pyridine rings is 1. The number of carbonyl (C=O) groups excluding carboxylic acids is 1. The molecule has 0 radical (unpaired) electrons. The van der Waals surface area contributed by atoms with Crippen LogP contribution in [0.25, 0.3) is 0 Å². The second-order valence-corrected chi connectivity index (χ2v) is 6.92. The summed E-state index contributed by atoms with van der Waals surface area (Å²) in [7, 11) is 0. The van der Waals surface area contributed by atoms with Gasteiger partial charge in [-0.3, -0.25) is 4.79 Å². The maximum Gasteiger partial charge on any atom is 0.252 e. The first-order valence-corrected chi connectivity index (χ1v) is 7.97. The quantitative estimate of drug-likeness (QED) is 0.861. The molecule has 1 atom stereocenters. The second kappa shape index (κ2) is 6.54. The number of hydrogen-bond donors (Lipinski definition) is 1. The van der Waals surface area contributed by atoms with Crippen molar-refractivity contribution < 1.29 is 4.79 Å². The van der Waals surface area contributed by atoms with E-state index in [1.54, 1.807) is 23.5 Å². The Morgan fingerprint density at radius 1 is 1.33 bits per heavy atom. The van der Waals surface area contributed by atoms with E-state index in [9.17, 15) is 4.79 Å². The van der Waals surface area contributed by atoms with Crippen molar-refractivity contribution in [2.75, 3.05) is 0 Å². The SMILES string of the molecule is Cc1cnc(C(C)NC(=O)c2cc(Cl)nc(C(C)C)c2)s1. The Labute approximate surface area is 133 Å². The van der Waals surface area contributed by atoms with Gasteiger partial charge in [-0.1, -0.05) is 25.4 Å². The van der Waals surface area contributed by atoms with Gasteiger partial charge in [-0.05, 0) is 31.9 Å². The van der Waals surface area contributed by atoms with Crippen molar-refractivity contribution in [2.24, 2.45) is 0 Å². The smallest absolute Gasteiger partial charge is 0.252 e. The zero-order chi connectivity index (χ0) is 15.6. The van der Waals surface area contributed by atoms with E-state index in [2.05, 4.69) is 15.3 Å². The topological polar surface area (TPSA) is 54.9 Å². The number of halogens is 1. The summed E-state index contributed by atoms with van der Waals surface area (Å²) < 4.78 is 0. The lowest BCUT2D eigenvalue weighted by molar-refractivity contribution is 0.0939. The Bertz CT molecular complexity index is 654. The summed E-state index contributed by atoms with van der Waals surface area (Å²) in [5, 5.41) is 4.17. The molecule has 0 saturated heterocycles. The Hall–Kier alpha value is -1.46. The molecule has 1 amide bonds. The van der Waals surface area contributed by atoms with Gasteiger partial charge in [0.2, 0.25) is 0 Å². The number of aryl methyl sites for hydroxylation is 1. The van der Waals surface area contributed by atoms with Crippen LogP contribution in [0.3, 0.4) is 0 Å². The van der Waals surface area contributed by atoms with Crippen LogP contribution in [-0.2, 0) is 0 Å². The molecule has 0 aliphatic carbocycles. The molecule has 0 aromatic carbocycles. The first kappa shape index (κ1) is 15.9. The molecule has 0 fully saturated rings. The third-order valence-corrected chi connectivity index (χ3v) is 4.31. The van der Waals surface area contributed by atoms with Crippen molar-refractivity contribution in [1.82, 2.24) is 15.3 Å². The van der Waals surface area contributed by atoms with Crippen molar-refractivity contribution in [2.45, 2.75) is 39.7 Å². The predicted molar refractivity (Wildman–Crippen MR) is 86.1 cm³/mol. The summed E-state index contributed by atoms with van der Waals surface area (Å²) in [6.07, 6.45) is 1.81. The standard InChI is InChI=1S/C15H18ClN3OS/c1-8(2)12-5-11(6-13(16)19-12)14(20)18-10(4)15-17-7-9(3)21-15/h5-8,10H,1-4H3,(H,18,20). The third-order valence-electron chi connectivity index (χ3n) is 3.02. The maximum absolute atomic E-state index is 12.3. The molecular weight excluding hydrogens is 306 g/mol. The average molecular weight is 324 g/mol. The first-order chi connectivity index (χ1) is 9.86. The van der Waals surface area contributed by atoms with Gasteiger partial charge in [0.15, 0.2) is 0 Å². The molecule has 1 N–H and O–H groups in total. The van der Waals surface area contributed by atoms with Crippen LogP contribution >= 0.6 is 22.9 Å². The number of thiazole rings is 1. The van der Waals surface area contributed by atoms with Gasteiger partial charge in [-0.2, -0.15) is 0 Å². The lowest BCUT2D eigenvalue weighted by Gasteiger charge is -2.13. The monoisotopic (exact) mass is 323 g/mol. The molecule has 2 aromatic heterocycles. The van der Waals surface area contributed by atoms with Gasteiger partial charge in [-0.25, -0.2) is 9.97 Å². The highest BCUT2D eigenvalue weighted by molar-refractivity contribution is 7.11. The van der Waals surface area contributed by atoms with Crippen molar-refractivity contribution in [3.63, 3.8) is 0 Å². The normalized spacial score (nSPS) is 12.5. The Kier molecular flexibility index (Phi) is 4.96. The Balaban J connectivity index is 2.16. The minimum absolute atomic E-state index is 0.134. The van der Waals surface area contributed by atoms with Crippen LogP contribution in [0.4, 0.5) is 0 Å². The summed E-state index contributed by atoms with van der Waals surface area (Å²) in [5.74, 6) is 0.0517. The average Bonchev–Trinajstić information content (AvgIpc) is 2.84. The highest BCUT2D eigenvalue weighted by Gasteiger charge is 2.16. The summed E-state index contributed by atoms with van der Waals surface area (Å²) in [6, 6.07) is 3.24. The van der Waals surface area contributed by atoms with E-state index in [0.717, 1.165) is 15.6 Å². The molecule has 0 aliphatic rings. The largest absolute Gasteiger partial charge is 0.343 e. The summed E-state index contributed by atoms with van der Waals surface area (Å²) in [5.41, 5.74) is 1.34. The van der Waals surface area contributed by atoms with Gasteiger partial charge in [0, 0.05) is 22.3 Å². The van der Waals surface area contributed by atoms with Crippen LogP contribution in [0.1, 0.15) is 58.7 Å². The Morgan fingerprint density at radius 3 is 2.62 bits per heavy atom. The molecule has 112 valence electrons. The fourth-order valence-corrected chi connectivity index (χ4v) is 2.85. The van der Waals surface area contributed by atoms with E-state index < -0.39 is 0 Å². The molecule has 1 unspecified atom stereocenters. The van der Waals surface area contributed by atoms with Crippen molar-refractivity contribution in [3.8, 4) is 0 Å². The van der Waals surface area contributed by atoms with Crippen LogP contribution in [0.2, 0.25) is 5.15 Å². The van der Waals surface area contributed by atoms with E-state index in [0.29, 0.717) is 10.7 Å². The van der Waals surface area contributed by atoms with E-state index >= 15 is 0 Å². The van der Waals surface area contributed by atoms with E-state index in [1.165, 1.54) is 0 Å². The van der Waals surface area contributed by atoms with Crippen LogP contribution in [0.5, 0.6) is 0 Å². The van der Waals surface area contributed by atoms with Crippen LogP contribution in [0, 0.1) is 6.92 Å². The molecule has 6 heteroatoms. The van der Waals surface area contributed by atoms with Gasteiger partial charge < -0.3 is 5.32 Å². The van der Waals surface area contributed by atoms with E-state index in [4.69, 9.17) is 11.6 Å². The van der Waals surface area contributed by atoms with Crippen molar-refractivity contribution in [1.29, 1.82) is 0 Å². The zero-order valence-electron chi connectivity index (χ0n) is 12.5. The van der Waals surface area contributed by atoms with Gasteiger partial charge >= 0.3 is 0 Å². The summed E-state index contributed by atoms with van der Waals surface area (Å²) in [6.45, 7) is 7.94. The maximum atomic E-state index is 12.3. The minimum atomic E-state index is -0.165. The number of nitrogens with zero attached hydrogens (tertiary/aromatic N) is 2. The number of nitrogens with one attached hydrogen (secondary N) is 1. The van der Waals surface area contributed by atoms with Gasteiger partial charge in [0.05, 0.1) is 6.04 Å². The lowest BCUT2D eigenvalue weighted by atomic mass is 10.1. The lowest BCUT2D eigenvalue weighted by Crippen LogP contribution is -2.26. The number of hydrogen-bond acceptors (Lipinski definition) is 4. The molecule has 4 nitrogen and oxygen atoms in total. The van der Waals surface area contributed by atoms with Crippen molar-refractivity contribution >= 4 is 28.8 Å². The number of rotatable bonds is 4. The van der Waals surface area contributed by atoms with E-state index in [1.807, 2.05) is 33.9 Å². The Morgan fingerprint density at radius 2 is 2.05 bits per heavy atom. The van der Waals surface area contributed by atoms with E-state index in [-0.39, 0.29) is 17.9 Å². The van der Waals surface area contributed by atoms with Gasteiger partial charge in [0.1, 0.15) is 10.2 Å². The van der Waals surface area contributed by atoms with Crippen molar-refractivity contribution in [3.05, 3.63) is 44.6 Å². The fourth-order valence-electron chi connectivity index (χ4n) is 1.86. The highest BCUT2D eigenvalue weighted by atomic mass is 35.5. The molecule has 21 heavy (non-hydrogen) atoms. The molecule has 2 aromatic rings. The molecule has 0 spiro atoms. The minimum Gasteiger partial charge on any atom is -0.343 e. The summed E-state index contributed by atoms with van der Waals surface area (Å²) in [4.78, 5) is 22.0. The molecule has 2 heterocycles. The first-order valence-electron chi connectivity index (χ1n) is 6.77. The molecule has 2 rings (SSSR count). The predicted octanol–water partition coefficient (Wildman–Crippen LogP) is 4.11. The highest BCUT2D eigenvalue weighted by Crippen LogP contribution is 2.21. The third kappa shape index (κ3) is 4.02. The van der Waals surface area contributed by atoms with Gasteiger partial charge in [-0.15, -0.1) is 11.3 Å². The molecule has 0 aliphatic heterocycles. The van der Waals surface area contributed by atoms with Crippen LogP contribution in [0.15, 0.2) is 18.3 Å². The fraction of sp³-hybridized carbons (Fsp3) is 0.400. The molecule has 0 saturated carbocycles. The van der Waals surface area contributed by atoms with Crippen LogP contribution < -0.4 is 5.32 Å². The second-order valence-electron chi connectivity index (χ2n) is 5.26. The van der Waals surface area contributed by atoms with Gasteiger partial charge in [0.25, 0.3) is 5.91 Å². The molecular formula is C15H18ClN3OS. The zero-order valence-corrected chi connectivity index (χ0v) is 14.0.